The zero-order valence-corrected chi connectivity index (χ0v) is 14.2. The maximum absolute atomic E-state index is 12.4. The Morgan fingerprint density at radius 1 is 1.12 bits per heavy atom. The highest BCUT2D eigenvalue weighted by molar-refractivity contribution is 6.05. The van der Waals surface area contributed by atoms with Gasteiger partial charge in [-0.3, -0.25) is 14.6 Å². The van der Waals surface area contributed by atoms with Gasteiger partial charge >= 0.3 is 0 Å². The van der Waals surface area contributed by atoms with Crippen molar-refractivity contribution in [3.05, 3.63) is 53.9 Å². The normalized spacial score (nSPS) is 10.2. The lowest BCUT2D eigenvalue weighted by Crippen LogP contribution is -2.25. The van der Waals surface area contributed by atoms with E-state index in [1.54, 1.807) is 37.4 Å². The van der Waals surface area contributed by atoms with E-state index >= 15 is 0 Å². The van der Waals surface area contributed by atoms with Crippen LogP contribution in [-0.2, 0) is 4.74 Å². The summed E-state index contributed by atoms with van der Waals surface area (Å²) in [7, 11) is 3.13. The molecule has 0 bridgehead atoms. The number of nitrogens with zero attached hydrogens (tertiary/aromatic N) is 1. The zero-order chi connectivity index (χ0) is 18.1. The maximum atomic E-state index is 12.4. The van der Waals surface area contributed by atoms with Crippen LogP contribution in [0.2, 0.25) is 0 Å². The fraction of sp³-hybridized carbons (Fsp3) is 0.278. The topological polar surface area (TPSA) is 89.5 Å². The summed E-state index contributed by atoms with van der Waals surface area (Å²) in [6.45, 7) is 1.07. The number of carbonyl (C=O) groups excluding carboxylic acids is 2. The van der Waals surface area contributed by atoms with Crippen molar-refractivity contribution in [3.63, 3.8) is 0 Å². The molecule has 0 spiro atoms. The average Bonchev–Trinajstić information content (AvgIpc) is 2.65. The van der Waals surface area contributed by atoms with Gasteiger partial charge < -0.3 is 20.1 Å². The van der Waals surface area contributed by atoms with Gasteiger partial charge in [0.25, 0.3) is 11.8 Å². The van der Waals surface area contributed by atoms with E-state index < -0.39 is 5.91 Å². The summed E-state index contributed by atoms with van der Waals surface area (Å²) in [6.07, 6.45) is 2.15. The van der Waals surface area contributed by atoms with E-state index in [9.17, 15) is 9.59 Å². The molecule has 1 aromatic carbocycles. The summed E-state index contributed by atoms with van der Waals surface area (Å²) in [6, 6.07) is 10.1. The quantitative estimate of drug-likeness (QED) is 0.717. The van der Waals surface area contributed by atoms with Crippen LogP contribution in [0.15, 0.2) is 42.6 Å². The first-order valence-electron chi connectivity index (χ1n) is 7.83. The van der Waals surface area contributed by atoms with Gasteiger partial charge in [0.1, 0.15) is 11.4 Å². The molecule has 7 nitrogen and oxygen atoms in total. The molecule has 1 heterocycles. The minimum absolute atomic E-state index is 0.149. The van der Waals surface area contributed by atoms with Crippen LogP contribution in [0.4, 0.5) is 5.69 Å². The first kappa shape index (κ1) is 18.4. The van der Waals surface area contributed by atoms with Crippen molar-refractivity contribution < 1.29 is 19.1 Å². The monoisotopic (exact) mass is 343 g/mol. The number of nitrogens with one attached hydrogen (secondary N) is 2. The van der Waals surface area contributed by atoms with Crippen LogP contribution in [0.1, 0.15) is 27.3 Å². The van der Waals surface area contributed by atoms with Gasteiger partial charge in [-0.15, -0.1) is 0 Å². The largest absolute Gasteiger partial charge is 0.495 e. The van der Waals surface area contributed by atoms with Gasteiger partial charge in [0.2, 0.25) is 0 Å². The first-order chi connectivity index (χ1) is 12.2. The van der Waals surface area contributed by atoms with Crippen LogP contribution < -0.4 is 15.4 Å². The number of hydrogen-bond donors (Lipinski definition) is 2. The van der Waals surface area contributed by atoms with E-state index in [-0.39, 0.29) is 11.6 Å². The van der Waals surface area contributed by atoms with Crippen LogP contribution in [0, 0.1) is 0 Å². The van der Waals surface area contributed by atoms with E-state index in [0.717, 1.165) is 0 Å². The molecule has 0 saturated heterocycles. The molecule has 132 valence electrons. The number of amides is 2. The summed E-state index contributed by atoms with van der Waals surface area (Å²) in [5.74, 6) is -0.133. The number of benzene rings is 1. The number of hydrogen-bond acceptors (Lipinski definition) is 5. The Kier molecular flexibility index (Phi) is 6.91. The molecular formula is C18H21N3O4. The van der Waals surface area contributed by atoms with E-state index in [0.29, 0.717) is 36.6 Å². The second-order valence-electron chi connectivity index (χ2n) is 5.19. The Morgan fingerprint density at radius 3 is 2.68 bits per heavy atom. The van der Waals surface area contributed by atoms with Crippen LogP contribution in [-0.4, -0.2) is 44.2 Å². The number of aromatic nitrogens is 1. The standard InChI is InChI=1S/C18H21N3O4/c1-24-11-5-9-20-17(22)13-8-10-19-15(12-13)18(23)21-14-6-3-4-7-16(14)25-2/h3-4,6-8,10,12H,5,9,11H2,1-2H3,(H,20,22)(H,21,23). The predicted molar refractivity (Wildman–Crippen MR) is 94.0 cm³/mol. The number of pyridine rings is 1. The summed E-state index contributed by atoms with van der Waals surface area (Å²) in [4.78, 5) is 28.5. The third-order valence-electron chi connectivity index (χ3n) is 3.42. The van der Waals surface area contributed by atoms with Crippen molar-refractivity contribution in [2.75, 3.05) is 32.7 Å². The summed E-state index contributed by atoms with van der Waals surface area (Å²) in [5, 5.41) is 5.50. The molecule has 0 aliphatic heterocycles. The number of rotatable bonds is 8. The molecule has 2 N–H and O–H groups in total. The second kappa shape index (κ2) is 9.39. The first-order valence-corrected chi connectivity index (χ1v) is 7.83. The van der Waals surface area contributed by atoms with Crippen LogP contribution in [0.25, 0.3) is 0 Å². The van der Waals surface area contributed by atoms with Gasteiger partial charge in [0.05, 0.1) is 12.8 Å². The van der Waals surface area contributed by atoms with Crippen molar-refractivity contribution in [2.45, 2.75) is 6.42 Å². The molecule has 2 amide bonds. The molecule has 0 radical (unpaired) electrons. The molecule has 25 heavy (non-hydrogen) atoms. The van der Waals surface area contributed by atoms with Crippen molar-refractivity contribution >= 4 is 17.5 Å². The number of anilines is 1. The Balaban J connectivity index is 2.04. The fourth-order valence-corrected chi connectivity index (χ4v) is 2.15. The summed E-state index contributed by atoms with van der Waals surface area (Å²) in [5.41, 5.74) is 1.05. The van der Waals surface area contributed by atoms with Crippen molar-refractivity contribution in [1.82, 2.24) is 10.3 Å². The number of ether oxygens (including phenoxy) is 2. The Morgan fingerprint density at radius 2 is 1.92 bits per heavy atom. The van der Waals surface area contributed by atoms with Gasteiger partial charge in [0.15, 0.2) is 0 Å². The highest BCUT2D eigenvalue weighted by Gasteiger charge is 2.13. The molecule has 0 aliphatic carbocycles. The third kappa shape index (κ3) is 5.29. The van der Waals surface area contributed by atoms with Gasteiger partial charge in [0, 0.05) is 32.0 Å². The third-order valence-corrected chi connectivity index (χ3v) is 3.42. The molecule has 1 aromatic heterocycles. The average molecular weight is 343 g/mol. The molecule has 0 aliphatic rings. The molecule has 7 heteroatoms. The van der Waals surface area contributed by atoms with Gasteiger partial charge in [-0.1, -0.05) is 12.1 Å². The molecule has 0 saturated carbocycles. The number of methoxy groups -OCH3 is 2. The summed E-state index contributed by atoms with van der Waals surface area (Å²) >= 11 is 0. The molecular weight excluding hydrogens is 322 g/mol. The second-order valence-corrected chi connectivity index (χ2v) is 5.19. The number of para-hydroxylation sites is 2. The lowest BCUT2D eigenvalue weighted by Gasteiger charge is -2.10. The maximum Gasteiger partial charge on any atom is 0.274 e. The Bertz CT molecular complexity index is 734. The van der Waals surface area contributed by atoms with Crippen molar-refractivity contribution in [1.29, 1.82) is 0 Å². The molecule has 0 atom stereocenters. The minimum Gasteiger partial charge on any atom is -0.495 e. The highest BCUT2D eigenvalue weighted by Crippen LogP contribution is 2.23. The van der Waals surface area contributed by atoms with Crippen LogP contribution in [0.3, 0.4) is 0 Å². The van der Waals surface area contributed by atoms with Crippen molar-refractivity contribution in [3.8, 4) is 5.75 Å². The lowest BCUT2D eigenvalue weighted by molar-refractivity contribution is 0.0948. The van der Waals surface area contributed by atoms with E-state index in [2.05, 4.69) is 15.6 Å². The minimum atomic E-state index is -0.418. The predicted octanol–water partition coefficient (Wildman–Crippen LogP) is 2.11. The molecule has 0 fully saturated rings. The molecule has 2 rings (SSSR count). The van der Waals surface area contributed by atoms with Gasteiger partial charge in [-0.05, 0) is 30.7 Å². The van der Waals surface area contributed by atoms with E-state index in [4.69, 9.17) is 9.47 Å². The van der Waals surface area contributed by atoms with Crippen molar-refractivity contribution in [2.24, 2.45) is 0 Å². The van der Waals surface area contributed by atoms with Gasteiger partial charge in [-0.2, -0.15) is 0 Å². The van der Waals surface area contributed by atoms with Crippen LogP contribution >= 0.6 is 0 Å². The van der Waals surface area contributed by atoms with E-state index in [1.807, 2.05) is 0 Å². The fourth-order valence-electron chi connectivity index (χ4n) is 2.15. The smallest absolute Gasteiger partial charge is 0.274 e. The molecule has 0 unspecified atom stereocenters. The highest BCUT2D eigenvalue weighted by atomic mass is 16.5. The Labute approximate surface area is 146 Å². The molecule has 2 aromatic rings. The van der Waals surface area contributed by atoms with E-state index in [1.165, 1.54) is 19.4 Å². The van der Waals surface area contributed by atoms with Gasteiger partial charge in [-0.25, -0.2) is 0 Å². The lowest BCUT2D eigenvalue weighted by atomic mass is 10.2. The number of carbonyl (C=O) groups is 2. The van der Waals surface area contributed by atoms with Crippen LogP contribution in [0.5, 0.6) is 5.75 Å². The zero-order valence-electron chi connectivity index (χ0n) is 14.2. The SMILES string of the molecule is COCCCNC(=O)c1ccnc(C(=O)Nc2ccccc2OC)c1. The summed E-state index contributed by atoms with van der Waals surface area (Å²) < 4.78 is 10.1. The Hall–Kier alpha value is -2.93.